The average molecular weight is 386 g/mol. The number of carbonyl (C=O) groups is 1. The van der Waals surface area contributed by atoms with Gasteiger partial charge in [-0.1, -0.05) is 48.0 Å². The summed E-state index contributed by atoms with van der Waals surface area (Å²) in [4.78, 5) is 12.7. The smallest absolute Gasteiger partial charge is 0.266 e. The highest BCUT2D eigenvalue weighted by molar-refractivity contribution is 7.12. The third-order valence-electron chi connectivity index (χ3n) is 4.17. The highest BCUT2D eigenvalue weighted by Crippen LogP contribution is 2.23. The van der Waals surface area contributed by atoms with Crippen LogP contribution in [0.25, 0.3) is 16.9 Å². The van der Waals surface area contributed by atoms with Crippen LogP contribution >= 0.6 is 11.3 Å². The largest absolute Gasteiger partial charge is 0.281 e. The summed E-state index contributed by atoms with van der Waals surface area (Å²) in [5, 5.41) is 10.8. The van der Waals surface area contributed by atoms with Crippen LogP contribution in [0.4, 0.5) is 0 Å². The van der Waals surface area contributed by atoms with E-state index in [-0.39, 0.29) is 5.91 Å². The second-order valence-electron chi connectivity index (χ2n) is 6.26. The van der Waals surface area contributed by atoms with Crippen molar-refractivity contribution in [1.82, 2.24) is 15.2 Å². The van der Waals surface area contributed by atoms with E-state index in [1.807, 2.05) is 77.8 Å². The highest BCUT2D eigenvalue weighted by atomic mass is 32.1. The fourth-order valence-corrected chi connectivity index (χ4v) is 3.45. The number of carbonyl (C=O) groups excluding carboxylic acids is 1. The molecule has 0 saturated heterocycles. The summed E-state index contributed by atoms with van der Waals surface area (Å²) in [7, 11) is 0. The molecule has 0 radical (unpaired) electrons. The summed E-state index contributed by atoms with van der Waals surface area (Å²) in [6.07, 6.45) is 3.55. The quantitative estimate of drug-likeness (QED) is 0.400. The first kappa shape index (κ1) is 17.9. The van der Waals surface area contributed by atoms with Gasteiger partial charge in [0, 0.05) is 17.3 Å². The summed E-state index contributed by atoms with van der Waals surface area (Å²) < 4.78 is 1.82. The number of aromatic nitrogens is 2. The van der Waals surface area contributed by atoms with Crippen molar-refractivity contribution < 1.29 is 4.79 Å². The fourth-order valence-electron chi connectivity index (χ4n) is 2.83. The lowest BCUT2D eigenvalue weighted by molar-refractivity contribution is 0.0959. The maximum atomic E-state index is 12.1. The van der Waals surface area contributed by atoms with E-state index in [1.165, 1.54) is 11.3 Å². The molecule has 4 aromatic rings. The zero-order valence-corrected chi connectivity index (χ0v) is 16.1. The van der Waals surface area contributed by atoms with Crippen LogP contribution in [-0.2, 0) is 0 Å². The van der Waals surface area contributed by atoms with Crippen LogP contribution in [0.5, 0.6) is 0 Å². The van der Waals surface area contributed by atoms with E-state index in [1.54, 1.807) is 12.3 Å². The van der Waals surface area contributed by atoms with Crippen molar-refractivity contribution in [3.63, 3.8) is 0 Å². The van der Waals surface area contributed by atoms with Gasteiger partial charge < -0.3 is 0 Å². The molecule has 2 aromatic carbocycles. The molecule has 2 aromatic heterocycles. The number of nitrogens with zero attached hydrogens (tertiary/aromatic N) is 3. The van der Waals surface area contributed by atoms with Crippen molar-refractivity contribution in [3.8, 4) is 16.9 Å². The zero-order valence-electron chi connectivity index (χ0n) is 15.2. The molecule has 6 heteroatoms. The van der Waals surface area contributed by atoms with Crippen molar-refractivity contribution in [1.29, 1.82) is 0 Å². The third kappa shape index (κ3) is 3.92. The second-order valence-corrected chi connectivity index (χ2v) is 7.21. The fraction of sp³-hybridized carbons (Fsp3) is 0.0455. The lowest BCUT2D eigenvalue weighted by Crippen LogP contribution is -2.16. The SMILES string of the molecule is Cc1cccc(-c2nn(-c3ccccc3)cc2/C=N/NC(=O)c2cccs2)c1. The Hall–Kier alpha value is -3.51. The van der Waals surface area contributed by atoms with Crippen LogP contribution in [-0.4, -0.2) is 21.9 Å². The molecule has 4 rings (SSSR count). The molecule has 0 aliphatic heterocycles. The Morgan fingerprint density at radius 3 is 2.71 bits per heavy atom. The van der Waals surface area contributed by atoms with Gasteiger partial charge in [0.1, 0.15) is 5.69 Å². The Balaban J connectivity index is 1.67. The molecule has 0 saturated carbocycles. The zero-order chi connectivity index (χ0) is 19.3. The van der Waals surface area contributed by atoms with Crippen LogP contribution in [0.1, 0.15) is 20.8 Å². The standard InChI is InChI=1S/C22H18N4OS/c1-16-7-5-8-17(13-16)21-18(14-23-24-22(27)20-11-6-12-28-20)15-26(25-21)19-9-3-2-4-10-19/h2-15H,1H3,(H,24,27)/b23-14+. The number of hydrazone groups is 1. The predicted octanol–water partition coefficient (Wildman–Crippen LogP) is 4.67. The monoisotopic (exact) mass is 386 g/mol. The Bertz CT molecular complexity index is 1110. The maximum absolute atomic E-state index is 12.1. The van der Waals surface area contributed by atoms with Gasteiger partial charge in [-0.05, 0) is 36.6 Å². The van der Waals surface area contributed by atoms with E-state index in [0.29, 0.717) is 4.88 Å². The minimum atomic E-state index is -0.223. The van der Waals surface area contributed by atoms with Crippen molar-refractivity contribution in [2.45, 2.75) is 6.92 Å². The predicted molar refractivity (Wildman–Crippen MR) is 113 cm³/mol. The van der Waals surface area contributed by atoms with Gasteiger partial charge in [-0.2, -0.15) is 10.2 Å². The molecule has 0 spiro atoms. The van der Waals surface area contributed by atoms with E-state index in [9.17, 15) is 4.79 Å². The minimum absolute atomic E-state index is 0.223. The molecule has 1 N–H and O–H groups in total. The molecule has 0 fully saturated rings. The van der Waals surface area contributed by atoms with Crippen LogP contribution in [0.15, 0.2) is 83.4 Å². The number of hydrogen-bond acceptors (Lipinski definition) is 4. The molecule has 138 valence electrons. The van der Waals surface area contributed by atoms with Gasteiger partial charge in [0.2, 0.25) is 0 Å². The van der Waals surface area contributed by atoms with Gasteiger partial charge in [0.15, 0.2) is 0 Å². The van der Waals surface area contributed by atoms with Crippen molar-refractivity contribution >= 4 is 23.5 Å². The molecule has 0 atom stereocenters. The third-order valence-corrected chi connectivity index (χ3v) is 5.04. The Labute approximate surface area is 167 Å². The van der Waals surface area contributed by atoms with Crippen LogP contribution in [0.2, 0.25) is 0 Å². The molecule has 5 nitrogen and oxygen atoms in total. The molecule has 2 heterocycles. The lowest BCUT2D eigenvalue weighted by Gasteiger charge is -2.01. The number of benzene rings is 2. The second kappa shape index (κ2) is 8.02. The summed E-state index contributed by atoms with van der Waals surface area (Å²) in [6.45, 7) is 2.05. The minimum Gasteiger partial charge on any atom is -0.266 e. The van der Waals surface area contributed by atoms with E-state index in [4.69, 9.17) is 5.10 Å². The average Bonchev–Trinajstić information content (AvgIpc) is 3.39. The highest BCUT2D eigenvalue weighted by Gasteiger charge is 2.12. The summed E-state index contributed by atoms with van der Waals surface area (Å²) in [5.41, 5.74) is 7.32. The van der Waals surface area contributed by atoms with E-state index >= 15 is 0 Å². The number of para-hydroxylation sites is 1. The number of nitrogens with one attached hydrogen (secondary N) is 1. The van der Waals surface area contributed by atoms with Crippen LogP contribution < -0.4 is 5.43 Å². The normalized spacial score (nSPS) is 11.0. The van der Waals surface area contributed by atoms with E-state index in [2.05, 4.69) is 16.6 Å². The Morgan fingerprint density at radius 1 is 1.11 bits per heavy atom. The Kier molecular flexibility index (Phi) is 5.12. The first-order chi connectivity index (χ1) is 13.7. The van der Waals surface area contributed by atoms with Gasteiger partial charge >= 0.3 is 0 Å². The van der Waals surface area contributed by atoms with Crippen molar-refractivity contribution in [2.75, 3.05) is 0 Å². The van der Waals surface area contributed by atoms with Crippen molar-refractivity contribution in [3.05, 3.63) is 94.3 Å². The number of hydrogen-bond donors (Lipinski definition) is 1. The van der Waals surface area contributed by atoms with Crippen LogP contribution in [0.3, 0.4) is 0 Å². The molecule has 1 amide bonds. The topological polar surface area (TPSA) is 59.3 Å². The van der Waals surface area contributed by atoms with Gasteiger partial charge in [-0.25, -0.2) is 10.1 Å². The van der Waals surface area contributed by atoms with E-state index in [0.717, 1.165) is 28.1 Å². The summed E-state index contributed by atoms with van der Waals surface area (Å²) >= 11 is 1.38. The molecule has 0 unspecified atom stereocenters. The molecular weight excluding hydrogens is 368 g/mol. The number of aryl methyl sites for hydroxylation is 1. The molecule has 0 aliphatic carbocycles. The van der Waals surface area contributed by atoms with Gasteiger partial charge in [-0.15, -0.1) is 11.3 Å². The summed E-state index contributed by atoms with van der Waals surface area (Å²) in [5.74, 6) is -0.223. The molecule has 28 heavy (non-hydrogen) atoms. The number of rotatable bonds is 5. The molecular formula is C22H18N4OS. The van der Waals surface area contributed by atoms with Gasteiger partial charge in [0.25, 0.3) is 5.91 Å². The van der Waals surface area contributed by atoms with Gasteiger partial charge in [0.05, 0.1) is 16.8 Å². The molecule has 0 bridgehead atoms. The Morgan fingerprint density at radius 2 is 1.96 bits per heavy atom. The van der Waals surface area contributed by atoms with E-state index < -0.39 is 0 Å². The number of thiophene rings is 1. The first-order valence-electron chi connectivity index (χ1n) is 8.80. The van der Waals surface area contributed by atoms with Gasteiger partial charge in [-0.3, -0.25) is 4.79 Å². The molecule has 0 aliphatic rings. The number of amides is 1. The van der Waals surface area contributed by atoms with Crippen LogP contribution in [0, 0.1) is 6.92 Å². The lowest BCUT2D eigenvalue weighted by atomic mass is 10.1. The first-order valence-corrected chi connectivity index (χ1v) is 9.68. The van der Waals surface area contributed by atoms with Crippen molar-refractivity contribution in [2.24, 2.45) is 5.10 Å². The maximum Gasteiger partial charge on any atom is 0.281 e. The summed E-state index contributed by atoms with van der Waals surface area (Å²) in [6, 6.07) is 21.7.